The molecule has 0 spiro atoms. The Morgan fingerprint density at radius 2 is 2.00 bits per heavy atom. The lowest BCUT2D eigenvalue weighted by atomic mass is 9.93. The molecule has 1 fully saturated rings. The lowest BCUT2D eigenvalue weighted by Gasteiger charge is -2.32. The summed E-state index contributed by atoms with van der Waals surface area (Å²) in [6.45, 7) is 5.51. The molecule has 0 amide bonds. The molecule has 1 aromatic rings. The van der Waals surface area contributed by atoms with Crippen LogP contribution in [0.1, 0.15) is 43.7 Å². The highest BCUT2D eigenvalue weighted by Gasteiger charge is 2.20. The number of aliphatic carboxylic acids is 1. The summed E-state index contributed by atoms with van der Waals surface area (Å²) in [5.74, 6) is -0.0968. The minimum Gasteiger partial charge on any atom is -0.481 e. The van der Waals surface area contributed by atoms with E-state index in [0.29, 0.717) is 12.3 Å². The van der Waals surface area contributed by atoms with Gasteiger partial charge in [0.15, 0.2) is 0 Å². The maximum Gasteiger partial charge on any atom is 0.303 e. The van der Waals surface area contributed by atoms with E-state index in [-0.39, 0.29) is 0 Å². The van der Waals surface area contributed by atoms with Gasteiger partial charge in [-0.1, -0.05) is 31.2 Å². The van der Waals surface area contributed by atoms with Crippen molar-refractivity contribution < 1.29 is 9.90 Å². The van der Waals surface area contributed by atoms with Gasteiger partial charge in [0, 0.05) is 19.5 Å². The summed E-state index contributed by atoms with van der Waals surface area (Å²) in [6, 6.07) is 8.93. The molecule has 0 aliphatic carbocycles. The van der Waals surface area contributed by atoms with Crippen LogP contribution < -0.4 is 0 Å². The van der Waals surface area contributed by atoms with Crippen LogP contribution >= 0.6 is 0 Å². The van der Waals surface area contributed by atoms with E-state index in [9.17, 15) is 4.79 Å². The lowest BCUT2D eigenvalue weighted by molar-refractivity contribution is -0.137. The molecule has 3 heteroatoms. The Morgan fingerprint density at radius 1 is 1.29 bits per heavy atom. The van der Waals surface area contributed by atoms with Crippen molar-refractivity contribution in [2.24, 2.45) is 5.92 Å². The fraction of sp³-hybridized carbons (Fsp3) is 0.611. The average Bonchev–Trinajstić information content (AvgIpc) is 2.52. The van der Waals surface area contributed by atoms with Crippen LogP contribution in [0.5, 0.6) is 0 Å². The van der Waals surface area contributed by atoms with Crippen LogP contribution in [-0.4, -0.2) is 35.6 Å². The van der Waals surface area contributed by atoms with Gasteiger partial charge in [-0.15, -0.1) is 0 Å². The lowest BCUT2D eigenvalue weighted by Crippen LogP contribution is -2.36. The first-order valence-electron chi connectivity index (χ1n) is 8.19. The van der Waals surface area contributed by atoms with E-state index in [0.717, 1.165) is 38.9 Å². The van der Waals surface area contributed by atoms with Crippen molar-refractivity contribution in [3.63, 3.8) is 0 Å². The molecule has 2 rings (SSSR count). The molecule has 116 valence electrons. The zero-order valence-corrected chi connectivity index (χ0v) is 13.1. The number of nitrogens with zero attached hydrogens (tertiary/aromatic N) is 1. The summed E-state index contributed by atoms with van der Waals surface area (Å²) in [5, 5.41) is 8.79. The van der Waals surface area contributed by atoms with Crippen LogP contribution in [0.3, 0.4) is 0 Å². The normalized spacial score (nSPS) is 19.6. The molecule has 1 aliphatic rings. The Bertz CT molecular complexity index is 441. The maximum atomic E-state index is 10.7. The highest BCUT2D eigenvalue weighted by atomic mass is 16.4. The monoisotopic (exact) mass is 289 g/mol. The second-order valence-corrected chi connectivity index (χ2v) is 6.16. The van der Waals surface area contributed by atoms with Crippen molar-refractivity contribution in [3.8, 4) is 0 Å². The van der Waals surface area contributed by atoms with Crippen LogP contribution in [0.25, 0.3) is 0 Å². The minimum absolute atomic E-state index is 0.316. The summed E-state index contributed by atoms with van der Waals surface area (Å²) in [7, 11) is 0. The third-order valence-corrected chi connectivity index (χ3v) is 4.52. The first-order valence-corrected chi connectivity index (χ1v) is 8.19. The first kappa shape index (κ1) is 16.0. The van der Waals surface area contributed by atoms with Crippen molar-refractivity contribution in [1.82, 2.24) is 4.90 Å². The average molecular weight is 289 g/mol. The molecular weight excluding hydrogens is 262 g/mol. The highest BCUT2D eigenvalue weighted by molar-refractivity contribution is 5.66. The number of hydrogen-bond donors (Lipinski definition) is 1. The Hall–Kier alpha value is -1.35. The van der Waals surface area contributed by atoms with Crippen molar-refractivity contribution in [2.45, 2.75) is 45.4 Å². The molecule has 1 atom stereocenters. The van der Waals surface area contributed by atoms with Crippen LogP contribution in [-0.2, 0) is 17.6 Å². The van der Waals surface area contributed by atoms with Crippen molar-refractivity contribution >= 4 is 5.97 Å². The predicted octanol–water partition coefficient (Wildman–Crippen LogP) is 3.37. The molecule has 1 saturated heterocycles. The second kappa shape index (κ2) is 8.18. The first-order chi connectivity index (χ1) is 10.2. The molecule has 1 aromatic carbocycles. The molecule has 1 N–H and O–H groups in total. The van der Waals surface area contributed by atoms with Gasteiger partial charge in [0.1, 0.15) is 0 Å². The topological polar surface area (TPSA) is 40.5 Å². The number of carbonyl (C=O) groups is 1. The molecule has 0 radical (unpaired) electrons. The zero-order chi connectivity index (χ0) is 15.1. The third-order valence-electron chi connectivity index (χ3n) is 4.52. The molecule has 3 nitrogen and oxygen atoms in total. The summed E-state index contributed by atoms with van der Waals surface area (Å²) < 4.78 is 0. The van der Waals surface area contributed by atoms with Gasteiger partial charge in [-0.3, -0.25) is 4.79 Å². The zero-order valence-electron chi connectivity index (χ0n) is 13.1. The van der Waals surface area contributed by atoms with E-state index in [1.165, 1.54) is 24.0 Å². The summed E-state index contributed by atoms with van der Waals surface area (Å²) >= 11 is 0. The molecule has 0 aromatic heterocycles. The smallest absolute Gasteiger partial charge is 0.303 e. The Morgan fingerprint density at radius 3 is 2.67 bits per heavy atom. The Labute approximate surface area is 128 Å². The Kier molecular flexibility index (Phi) is 6.24. The van der Waals surface area contributed by atoms with E-state index in [4.69, 9.17) is 5.11 Å². The molecule has 21 heavy (non-hydrogen) atoms. The fourth-order valence-electron chi connectivity index (χ4n) is 3.15. The fourth-order valence-corrected chi connectivity index (χ4v) is 3.15. The van der Waals surface area contributed by atoms with E-state index in [2.05, 4.69) is 36.1 Å². The van der Waals surface area contributed by atoms with Crippen LogP contribution in [0.2, 0.25) is 0 Å². The van der Waals surface area contributed by atoms with E-state index >= 15 is 0 Å². The van der Waals surface area contributed by atoms with Gasteiger partial charge in [-0.2, -0.15) is 0 Å². The number of aryl methyl sites for hydroxylation is 1. The van der Waals surface area contributed by atoms with Crippen LogP contribution in [0.15, 0.2) is 24.3 Å². The van der Waals surface area contributed by atoms with Gasteiger partial charge in [0.2, 0.25) is 0 Å². The number of benzene rings is 1. The number of rotatable bonds is 7. The maximum absolute atomic E-state index is 10.7. The Balaban J connectivity index is 1.75. The summed E-state index contributed by atoms with van der Waals surface area (Å²) in [5.41, 5.74) is 2.80. The minimum atomic E-state index is -0.664. The number of carboxylic acid groups (broad SMARTS) is 1. The number of hydrogen-bond acceptors (Lipinski definition) is 2. The van der Waals surface area contributed by atoms with Gasteiger partial charge in [0.05, 0.1) is 0 Å². The molecule has 0 bridgehead atoms. The number of piperidine rings is 1. The van der Waals surface area contributed by atoms with Gasteiger partial charge >= 0.3 is 5.97 Å². The largest absolute Gasteiger partial charge is 0.481 e. The number of carboxylic acids is 1. The third kappa shape index (κ3) is 5.50. The van der Waals surface area contributed by atoms with Crippen LogP contribution in [0.4, 0.5) is 0 Å². The SMILES string of the molecule is CCc1ccc(CCN2CCCC(CCC(=O)O)C2)cc1. The van der Waals surface area contributed by atoms with Crippen molar-refractivity contribution in [2.75, 3.05) is 19.6 Å². The van der Waals surface area contributed by atoms with Crippen molar-refractivity contribution in [3.05, 3.63) is 35.4 Å². The summed E-state index contributed by atoms with van der Waals surface area (Å²) in [6.07, 6.45) is 5.73. The molecule has 0 saturated carbocycles. The molecular formula is C18H27NO2. The highest BCUT2D eigenvalue weighted by Crippen LogP contribution is 2.21. The standard InChI is InChI=1S/C18H27NO2/c1-2-15-5-7-16(8-6-15)11-13-19-12-3-4-17(14-19)9-10-18(20)21/h5-8,17H,2-4,9-14H2,1H3,(H,20,21). The molecule has 1 aliphatic heterocycles. The molecule has 1 heterocycles. The summed E-state index contributed by atoms with van der Waals surface area (Å²) in [4.78, 5) is 13.2. The van der Waals surface area contributed by atoms with Gasteiger partial charge < -0.3 is 10.0 Å². The van der Waals surface area contributed by atoms with Crippen molar-refractivity contribution in [1.29, 1.82) is 0 Å². The van der Waals surface area contributed by atoms with Gasteiger partial charge in [-0.05, 0) is 55.7 Å². The van der Waals surface area contributed by atoms with Gasteiger partial charge in [0.25, 0.3) is 0 Å². The van der Waals surface area contributed by atoms with Gasteiger partial charge in [-0.25, -0.2) is 0 Å². The predicted molar refractivity (Wildman–Crippen MR) is 85.6 cm³/mol. The van der Waals surface area contributed by atoms with E-state index in [1.807, 2.05) is 0 Å². The second-order valence-electron chi connectivity index (χ2n) is 6.16. The quantitative estimate of drug-likeness (QED) is 0.836. The van der Waals surface area contributed by atoms with E-state index < -0.39 is 5.97 Å². The van der Waals surface area contributed by atoms with E-state index in [1.54, 1.807) is 0 Å². The number of likely N-dealkylation sites (tertiary alicyclic amines) is 1. The molecule has 1 unspecified atom stereocenters. The van der Waals surface area contributed by atoms with Crippen LogP contribution in [0, 0.1) is 5.92 Å².